The second-order valence-corrected chi connectivity index (χ2v) is 22.8. The average molecular weight is 732 g/mol. The van der Waals surface area contributed by atoms with Gasteiger partial charge >= 0.3 is 41.9 Å². The predicted molar refractivity (Wildman–Crippen MR) is 187 cm³/mol. The molecule has 1 atom stereocenters. The molecule has 0 aromatic heterocycles. The van der Waals surface area contributed by atoms with Crippen LogP contribution in [0.15, 0.2) is 108 Å². The van der Waals surface area contributed by atoms with E-state index < -0.39 is 0 Å². The molecule has 0 amide bonds. The van der Waals surface area contributed by atoms with Crippen molar-refractivity contribution in [3.05, 3.63) is 131 Å². The molecule has 0 fully saturated rings. The number of halogens is 2. The van der Waals surface area contributed by atoms with Crippen LogP contribution in [0.1, 0.15) is 58.2 Å². The van der Waals surface area contributed by atoms with E-state index in [1.807, 2.05) is 0 Å². The van der Waals surface area contributed by atoms with Crippen molar-refractivity contribution in [1.82, 2.24) is 0 Å². The van der Waals surface area contributed by atoms with Gasteiger partial charge in [0.05, 0.1) is 0 Å². The van der Waals surface area contributed by atoms with E-state index >= 15 is 0 Å². The van der Waals surface area contributed by atoms with Crippen LogP contribution in [-0.4, -0.2) is 11.5 Å². The fourth-order valence-electron chi connectivity index (χ4n) is 5.61. The van der Waals surface area contributed by atoms with Crippen molar-refractivity contribution in [1.29, 1.82) is 0 Å². The van der Waals surface area contributed by atoms with Crippen LogP contribution in [0.5, 0.6) is 0 Å². The van der Waals surface area contributed by atoms with Gasteiger partial charge in [-0.1, -0.05) is 108 Å². The number of aryl methyl sites for hydroxylation is 2. The Hall–Kier alpha value is -2.03. The molecule has 45 heavy (non-hydrogen) atoms. The molecule has 0 radical (unpaired) electrons. The zero-order valence-electron chi connectivity index (χ0n) is 28.5. The van der Waals surface area contributed by atoms with E-state index in [1.165, 1.54) is 61.1 Å². The SMILES string of the molecule is CC(C)C1=[C-]C2=CC(C)N(c3ccc(C(C)(C)C)cc3)C2=C1.C[Si](C)=[Zr+2].Cc1cc2c(-c3ccccc3)ccc(C)c2[cH-]1.[Cl-].[Cl-]. The number of rotatable bonds is 3. The third-order valence-electron chi connectivity index (χ3n) is 7.89. The van der Waals surface area contributed by atoms with Gasteiger partial charge in [-0.15, -0.1) is 63.4 Å². The summed E-state index contributed by atoms with van der Waals surface area (Å²) in [5.74, 6) is 0.527. The fraction of sp³-hybridized carbons (Fsp3) is 0.325. The van der Waals surface area contributed by atoms with Gasteiger partial charge in [-0.2, -0.15) is 6.07 Å². The van der Waals surface area contributed by atoms with Crippen molar-refractivity contribution in [2.45, 2.75) is 79.9 Å². The van der Waals surface area contributed by atoms with E-state index in [9.17, 15) is 0 Å². The molecule has 6 rings (SSSR count). The molecule has 236 valence electrons. The Kier molecular flexibility index (Phi) is 14.5. The molecule has 2 aliphatic rings. The maximum Gasteiger partial charge on any atom is -0.0279 e. The Morgan fingerprint density at radius 1 is 0.911 bits per heavy atom. The molecular weight excluding hydrogens is 685 g/mol. The molecule has 0 bridgehead atoms. The van der Waals surface area contributed by atoms with Crippen molar-refractivity contribution < 1.29 is 48.1 Å². The second kappa shape index (κ2) is 16.7. The monoisotopic (exact) mass is 729 g/mol. The molecular formula is C40H47Cl2NSiZr-2. The van der Waals surface area contributed by atoms with Gasteiger partial charge in [0, 0.05) is 11.7 Å². The van der Waals surface area contributed by atoms with Crippen molar-refractivity contribution in [2.75, 3.05) is 4.90 Å². The van der Waals surface area contributed by atoms with E-state index in [0.29, 0.717) is 12.0 Å². The summed E-state index contributed by atoms with van der Waals surface area (Å²) in [5, 5.41) is 2.75. The van der Waals surface area contributed by atoms with Crippen LogP contribution >= 0.6 is 0 Å². The fourth-order valence-corrected chi connectivity index (χ4v) is 5.61. The second-order valence-electron chi connectivity index (χ2n) is 13.4. The van der Waals surface area contributed by atoms with Gasteiger partial charge in [0.25, 0.3) is 0 Å². The molecule has 4 aromatic carbocycles. The molecule has 0 saturated carbocycles. The normalized spacial score (nSPS) is 15.0. The molecule has 1 nitrogen and oxygen atoms in total. The quantitative estimate of drug-likeness (QED) is 0.211. The third kappa shape index (κ3) is 9.74. The van der Waals surface area contributed by atoms with Crippen molar-refractivity contribution in [3.8, 4) is 11.1 Å². The Morgan fingerprint density at radius 2 is 1.51 bits per heavy atom. The minimum atomic E-state index is 0. The van der Waals surface area contributed by atoms with Crippen LogP contribution in [-0.2, 0) is 28.8 Å². The average Bonchev–Trinajstić information content (AvgIpc) is 3.61. The summed E-state index contributed by atoms with van der Waals surface area (Å²) in [5.41, 5.74) is 12.3. The van der Waals surface area contributed by atoms with Crippen LogP contribution in [0.3, 0.4) is 0 Å². The number of hydrogen-bond donors (Lipinski definition) is 0. The first-order valence-corrected chi connectivity index (χ1v) is 21.7. The molecule has 5 heteroatoms. The first kappa shape index (κ1) is 39.1. The van der Waals surface area contributed by atoms with Gasteiger partial charge in [0.2, 0.25) is 0 Å². The number of fused-ring (bicyclic) bond motifs is 2. The van der Waals surface area contributed by atoms with E-state index in [2.05, 4.69) is 170 Å². The van der Waals surface area contributed by atoms with Crippen molar-refractivity contribution in [3.63, 3.8) is 0 Å². The van der Waals surface area contributed by atoms with Crippen molar-refractivity contribution in [2.24, 2.45) is 5.92 Å². The first-order chi connectivity index (χ1) is 20.3. The Morgan fingerprint density at radius 3 is 2.07 bits per heavy atom. The van der Waals surface area contributed by atoms with Crippen molar-refractivity contribution >= 4 is 21.9 Å². The molecule has 1 aliphatic carbocycles. The predicted octanol–water partition coefficient (Wildman–Crippen LogP) is 5.04. The van der Waals surface area contributed by atoms with E-state index in [1.54, 1.807) is 23.3 Å². The zero-order chi connectivity index (χ0) is 31.5. The van der Waals surface area contributed by atoms with Gasteiger partial charge in [-0.3, -0.25) is 0 Å². The smallest absolute Gasteiger partial charge is 0.0279 e. The maximum atomic E-state index is 3.56. The molecule has 1 unspecified atom stereocenters. The zero-order valence-corrected chi connectivity index (χ0v) is 33.5. The summed E-state index contributed by atoms with van der Waals surface area (Å²) in [4.78, 5) is 2.42. The topological polar surface area (TPSA) is 3.24 Å². The van der Waals surface area contributed by atoms with E-state index in [-0.39, 0.29) is 35.7 Å². The minimum absolute atomic E-state index is 0. The van der Waals surface area contributed by atoms with Crippen LogP contribution in [0.4, 0.5) is 5.69 Å². The molecule has 0 saturated heterocycles. The standard InChI is InChI=1S/C21H26N.C17H15.C2H6Si.2ClH.Zr/c1-14(2)16-12-17-11-15(3)22(20(17)13-16)19-9-7-18(8-10-19)21(4,5)6;1-12-10-16-13(2)8-9-15(17(16)11-12)14-6-4-3-5-7-14;1-3-2;;;/h7-11,13-15H,1-6H3;3-11H,1-2H3;1-2H3;2*1H;/q2*-1;;;;+2/p-2. The van der Waals surface area contributed by atoms with Crippen LogP contribution in [0, 0.1) is 25.8 Å². The number of anilines is 1. The molecule has 4 aromatic rings. The summed E-state index contributed by atoms with van der Waals surface area (Å²) < 4.78 is 0. The number of nitrogens with zero attached hydrogens (tertiary/aromatic N) is 1. The molecule has 1 aliphatic heterocycles. The first-order valence-electron chi connectivity index (χ1n) is 15.5. The van der Waals surface area contributed by atoms with Gasteiger partial charge < -0.3 is 29.7 Å². The summed E-state index contributed by atoms with van der Waals surface area (Å²) in [6.45, 7) is 22.4. The number of allylic oxidation sites excluding steroid dienone is 3. The molecule has 0 spiro atoms. The van der Waals surface area contributed by atoms with E-state index in [0.717, 1.165) is 0 Å². The summed E-state index contributed by atoms with van der Waals surface area (Å²) in [6, 6.07) is 29.0. The third-order valence-corrected chi connectivity index (χ3v) is 7.89. The largest absolute Gasteiger partial charge is 1.00 e. The number of benzene rings is 3. The van der Waals surface area contributed by atoms with Gasteiger partial charge in [0.1, 0.15) is 0 Å². The Bertz CT molecular complexity index is 1680. The minimum Gasteiger partial charge on any atom is -1.00 e. The maximum absolute atomic E-state index is 3.56. The van der Waals surface area contributed by atoms with Gasteiger partial charge in [-0.25, -0.2) is 0 Å². The van der Waals surface area contributed by atoms with E-state index in [4.69, 9.17) is 0 Å². The van der Waals surface area contributed by atoms with Crippen LogP contribution in [0.25, 0.3) is 21.9 Å². The van der Waals surface area contributed by atoms with Crippen LogP contribution in [0.2, 0.25) is 13.1 Å². The summed E-state index contributed by atoms with van der Waals surface area (Å²) in [7, 11) is 0. The summed E-state index contributed by atoms with van der Waals surface area (Å²) in [6.07, 6.45) is 8.18. The Balaban J connectivity index is 0.000000275. The Labute approximate surface area is 300 Å². The van der Waals surface area contributed by atoms with Crippen LogP contribution < -0.4 is 29.7 Å². The molecule has 1 heterocycles. The summed E-state index contributed by atoms with van der Waals surface area (Å²) >= 11 is 1.74. The van der Waals surface area contributed by atoms with Gasteiger partial charge in [0.15, 0.2) is 0 Å². The molecule has 0 N–H and O–H groups in total. The van der Waals surface area contributed by atoms with Gasteiger partial charge in [-0.05, 0) is 41.5 Å². The number of hydrogen-bond acceptors (Lipinski definition) is 1.